The molecule has 1 aliphatic heterocycles. The highest BCUT2D eigenvalue weighted by Crippen LogP contribution is 2.34. The van der Waals surface area contributed by atoms with E-state index in [9.17, 15) is 8.42 Å². The second-order valence-electron chi connectivity index (χ2n) is 4.03. The number of hydrogen-bond acceptors (Lipinski definition) is 4. The molecule has 3 N–H and O–H groups in total. The van der Waals surface area contributed by atoms with Gasteiger partial charge in [0.05, 0.1) is 23.4 Å². The summed E-state index contributed by atoms with van der Waals surface area (Å²) in [4.78, 5) is 3.84. The summed E-state index contributed by atoms with van der Waals surface area (Å²) in [5.41, 5.74) is 0.251. The van der Waals surface area contributed by atoms with Crippen LogP contribution in [0, 0.1) is 0 Å². The van der Waals surface area contributed by atoms with Crippen molar-refractivity contribution in [2.75, 3.05) is 11.9 Å². The number of guanidine groups is 1. The monoisotopic (exact) mass is 323 g/mol. The number of nitrogens with one attached hydrogen (secondary N) is 2. The van der Waals surface area contributed by atoms with Crippen molar-refractivity contribution in [3.63, 3.8) is 0 Å². The molecule has 1 heterocycles. The molecular weight excluding hydrogens is 313 g/mol. The van der Waals surface area contributed by atoms with E-state index < -0.39 is 16.1 Å². The molecule has 0 aromatic heterocycles. The van der Waals surface area contributed by atoms with E-state index in [1.54, 1.807) is 6.92 Å². The zero-order valence-corrected chi connectivity index (χ0v) is 12.1. The molecule has 0 fully saturated rings. The van der Waals surface area contributed by atoms with Crippen molar-refractivity contribution in [3.05, 3.63) is 22.2 Å². The Kier molecular flexibility index (Phi) is 3.91. The van der Waals surface area contributed by atoms with Gasteiger partial charge in [0.15, 0.2) is 0 Å². The van der Waals surface area contributed by atoms with Crippen LogP contribution in [0.5, 0.6) is 0 Å². The fourth-order valence-corrected chi connectivity index (χ4v) is 3.54. The Balaban J connectivity index is 2.48. The van der Waals surface area contributed by atoms with E-state index in [-0.39, 0.29) is 28.1 Å². The van der Waals surface area contributed by atoms with Crippen molar-refractivity contribution in [1.82, 2.24) is 4.72 Å². The van der Waals surface area contributed by atoms with Gasteiger partial charge < -0.3 is 10.4 Å². The Morgan fingerprint density at radius 2 is 2.11 bits per heavy atom. The largest absolute Gasteiger partial charge is 0.391 e. The van der Waals surface area contributed by atoms with Crippen LogP contribution in [0.3, 0.4) is 0 Å². The van der Waals surface area contributed by atoms with Gasteiger partial charge in [-0.25, -0.2) is 18.1 Å². The van der Waals surface area contributed by atoms with E-state index in [1.807, 2.05) is 0 Å². The second-order valence-corrected chi connectivity index (χ2v) is 6.50. The number of aliphatic hydroxyl groups excluding tert-OH is 1. The molecule has 9 heteroatoms. The van der Waals surface area contributed by atoms with Crippen LogP contribution < -0.4 is 10.0 Å². The number of aliphatic hydroxyl groups is 1. The molecule has 0 bridgehead atoms. The normalized spacial score (nSPS) is 20.3. The van der Waals surface area contributed by atoms with Crippen molar-refractivity contribution < 1.29 is 13.5 Å². The van der Waals surface area contributed by atoms with E-state index in [0.717, 1.165) is 0 Å². The minimum absolute atomic E-state index is 0.0201. The Morgan fingerprint density at radius 1 is 1.42 bits per heavy atom. The van der Waals surface area contributed by atoms with E-state index in [0.29, 0.717) is 5.02 Å². The summed E-state index contributed by atoms with van der Waals surface area (Å²) in [6.45, 7) is 1.61. The first-order valence-electron chi connectivity index (χ1n) is 5.31. The average molecular weight is 324 g/mol. The number of anilines is 1. The summed E-state index contributed by atoms with van der Waals surface area (Å²) in [6, 6.07) is 2.79. The molecule has 2 rings (SSSR count). The smallest absolute Gasteiger partial charge is 0.267 e. The molecule has 1 aliphatic rings. The summed E-state index contributed by atoms with van der Waals surface area (Å²) in [5, 5.41) is 12.2. The van der Waals surface area contributed by atoms with Gasteiger partial charge in [-0.15, -0.1) is 0 Å². The summed E-state index contributed by atoms with van der Waals surface area (Å²) < 4.78 is 26.3. The van der Waals surface area contributed by atoms with E-state index in [1.165, 1.54) is 12.1 Å². The number of hydrogen-bond donors (Lipinski definition) is 3. The maximum Gasteiger partial charge on any atom is 0.267 e. The predicted molar refractivity (Wildman–Crippen MR) is 74.4 cm³/mol. The van der Waals surface area contributed by atoms with Gasteiger partial charge in [0.25, 0.3) is 10.0 Å². The van der Waals surface area contributed by atoms with Crippen molar-refractivity contribution in [1.29, 1.82) is 0 Å². The van der Waals surface area contributed by atoms with Crippen molar-refractivity contribution in [3.8, 4) is 0 Å². The third kappa shape index (κ3) is 3.11. The molecule has 6 nitrogen and oxygen atoms in total. The Bertz CT molecular complexity index is 644. The molecule has 19 heavy (non-hydrogen) atoms. The maximum atomic E-state index is 12.0. The predicted octanol–water partition coefficient (Wildman–Crippen LogP) is 1.43. The number of halogens is 2. The van der Waals surface area contributed by atoms with Gasteiger partial charge in [-0.2, -0.15) is 0 Å². The minimum atomic E-state index is -3.80. The Hall–Kier alpha value is -1.02. The zero-order valence-electron chi connectivity index (χ0n) is 9.81. The Labute approximate surface area is 120 Å². The zero-order chi connectivity index (χ0) is 14.2. The molecule has 1 unspecified atom stereocenters. The van der Waals surface area contributed by atoms with Gasteiger partial charge in [0.2, 0.25) is 5.96 Å². The molecule has 0 amide bonds. The fraction of sp³-hybridized carbons (Fsp3) is 0.300. The average Bonchev–Trinajstić information content (AvgIpc) is 2.23. The lowest BCUT2D eigenvalue weighted by atomic mass is 10.3. The lowest BCUT2D eigenvalue weighted by Crippen LogP contribution is -2.41. The highest BCUT2D eigenvalue weighted by Gasteiger charge is 2.29. The van der Waals surface area contributed by atoms with Crippen LogP contribution in [0.25, 0.3) is 0 Å². The van der Waals surface area contributed by atoms with Gasteiger partial charge in [-0.1, -0.05) is 23.2 Å². The SMILES string of the molecule is CC(O)CN=C1Nc2cc(Cl)cc(Cl)c2S(=O)(=O)N1. The van der Waals surface area contributed by atoms with Crippen molar-refractivity contribution in [2.45, 2.75) is 17.9 Å². The molecular formula is C10H11Cl2N3O3S. The quantitative estimate of drug-likeness (QED) is 0.768. The maximum absolute atomic E-state index is 12.0. The number of sulfonamides is 1. The second kappa shape index (κ2) is 5.16. The van der Waals surface area contributed by atoms with Crippen LogP contribution in [-0.2, 0) is 10.0 Å². The van der Waals surface area contributed by atoms with E-state index >= 15 is 0 Å². The van der Waals surface area contributed by atoms with E-state index in [4.69, 9.17) is 28.3 Å². The Morgan fingerprint density at radius 3 is 2.74 bits per heavy atom. The molecule has 1 aromatic carbocycles. The number of nitrogens with zero attached hydrogens (tertiary/aromatic N) is 1. The first kappa shape index (κ1) is 14.4. The number of aliphatic imine (C=N–C) groups is 1. The highest BCUT2D eigenvalue weighted by atomic mass is 35.5. The molecule has 104 valence electrons. The van der Waals surface area contributed by atoms with Crippen LogP contribution in [0.15, 0.2) is 22.0 Å². The molecule has 1 aromatic rings. The van der Waals surface area contributed by atoms with Crippen LogP contribution in [-0.4, -0.2) is 32.1 Å². The van der Waals surface area contributed by atoms with Gasteiger partial charge >= 0.3 is 0 Å². The number of benzene rings is 1. The van der Waals surface area contributed by atoms with Gasteiger partial charge in [-0.05, 0) is 19.1 Å². The van der Waals surface area contributed by atoms with Gasteiger partial charge in [-0.3, -0.25) is 0 Å². The third-order valence-corrected chi connectivity index (χ3v) is 4.34. The topological polar surface area (TPSA) is 90.8 Å². The summed E-state index contributed by atoms with van der Waals surface area (Å²) in [5.74, 6) is 0.0201. The standard InChI is InChI=1S/C10H11Cl2N3O3S/c1-5(16)4-13-10-14-8-3-6(11)2-7(12)9(8)19(17,18)15-10/h2-3,5,16H,4H2,1H3,(H2,13,14,15). The molecule has 0 spiro atoms. The minimum Gasteiger partial charge on any atom is -0.391 e. The van der Waals surface area contributed by atoms with Crippen molar-refractivity contribution in [2.24, 2.45) is 4.99 Å². The number of fused-ring (bicyclic) bond motifs is 1. The lowest BCUT2D eigenvalue weighted by Gasteiger charge is -2.22. The summed E-state index contributed by atoms with van der Waals surface area (Å²) in [7, 11) is -3.80. The fourth-order valence-electron chi connectivity index (χ4n) is 1.55. The first-order chi connectivity index (χ1) is 8.79. The lowest BCUT2D eigenvalue weighted by molar-refractivity contribution is 0.204. The summed E-state index contributed by atoms with van der Waals surface area (Å²) in [6.07, 6.45) is -0.678. The van der Waals surface area contributed by atoms with Crippen LogP contribution >= 0.6 is 23.2 Å². The summed E-state index contributed by atoms with van der Waals surface area (Å²) >= 11 is 11.7. The number of rotatable bonds is 2. The van der Waals surface area contributed by atoms with E-state index in [2.05, 4.69) is 15.0 Å². The molecule has 0 saturated carbocycles. The molecule has 1 atom stereocenters. The van der Waals surface area contributed by atoms with Crippen LogP contribution in [0.2, 0.25) is 10.0 Å². The highest BCUT2D eigenvalue weighted by molar-refractivity contribution is 7.90. The molecule has 0 aliphatic carbocycles. The molecule has 0 radical (unpaired) electrons. The first-order valence-corrected chi connectivity index (χ1v) is 7.55. The molecule has 0 saturated heterocycles. The van der Waals surface area contributed by atoms with Crippen molar-refractivity contribution >= 4 is 44.9 Å². The third-order valence-electron chi connectivity index (χ3n) is 2.27. The van der Waals surface area contributed by atoms with Crippen LogP contribution in [0.1, 0.15) is 6.92 Å². The van der Waals surface area contributed by atoms with Gasteiger partial charge in [0.1, 0.15) is 4.90 Å². The van der Waals surface area contributed by atoms with Crippen LogP contribution in [0.4, 0.5) is 5.69 Å². The van der Waals surface area contributed by atoms with Gasteiger partial charge in [0, 0.05) is 5.02 Å².